The summed E-state index contributed by atoms with van der Waals surface area (Å²) in [5.74, 6) is -0.225. The number of nitrogens with zero attached hydrogens (tertiary/aromatic N) is 1. The molecule has 5 heteroatoms. The maximum absolute atomic E-state index is 13.0. The van der Waals surface area contributed by atoms with Crippen LogP contribution in [0, 0.1) is 5.41 Å². The molecule has 0 bridgehead atoms. The number of carbonyl (C=O) groups excluding carboxylic acids is 2. The van der Waals surface area contributed by atoms with Crippen LogP contribution in [0.1, 0.15) is 49.7 Å². The van der Waals surface area contributed by atoms with Crippen LogP contribution in [0.2, 0.25) is 0 Å². The Balaban J connectivity index is 1.88. The normalized spacial score (nSPS) is 17.7. The van der Waals surface area contributed by atoms with Crippen LogP contribution >= 0.6 is 0 Å². The summed E-state index contributed by atoms with van der Waals surface area (Å²) in [6.45, 7) is 8.17. The van der Waals surface area contributed by atoms with Crippen molar-refractivity contribution in [3.8, 4) is 0 Å². The van der Waals surface area contributed by atoms with Crippen molar-refractivity contribution < 1.29 is 9.59 Å². The van der Waals surface area contributed by atoms with Gasteiger partial charge in [0.05, 0.1) is 17.4 Å². The summed E-state index contributed by atoms with van der Waals surface area (Å²) in [6.07, 6.45) is 0. The second-order valence-electron chi connectivity index (χ2n) is 8.19. The van der Waals surface area contributed by atoms with Gasteiger partial charge in [-0.3, -0.25) is 9.59 Å². The fourth-order valence-corrected chi connectivity index (χ4v) is 3.37. The summed E-state index contributed by atoms with van der Waals surface area (Å²) >= 11 is 0. The van der Waals surface area contributed by atoms with E-state index in [-0.39, 0.29) is 29.3 Å². The third-order valence-corrected chi connectivity index (χ3v) is 5.13. The number of amides is 2. The number of carbonyl (C=O) groups is 2. The second kappa shape index (κ2) is 7.06. The standard InChI is InChI=1S/C22H27N3O2/c1-14-20(26)23-17-13-16(11-12-18(17)25(14)5)21(27)24-19(22(2,3)4)15-9-7-6-8-10-15/h6-14,19H,1-5H3,(H,23,26)(H,24,27)/t14-,19-/m1/s1. The minimum absolute atomic E-state index is 0.0700. The van der Waals surface area contributed by atoms with Crippen LogP contribution in [0.5, 0.6) is 0 Å². The molecule has 1 aliphatic heterocycles. The average Bonchev–Trinajstić information content (AvgIpc) is 2.63. The van der Waals surface area contributed by atoms with E-state index in [0.717, 1.165) is 11.3 Å². The van der Waals surface area contributed by atoms with E-state index in [1.807, 2.05) is 55.3 Å². The quantitative estimate of drug-likeness (QED) is 0.865. The van der Waals surface area contributed by atoms with Crippen LogP contribution in [-0.2, 0) is 4.79 Å². The average molecular weight is 365 g/mol. The van der Waals surface area contributed by atoms with Crippen LogP contribution in [0.15, 0.2) is 48.5 Å². The van der Waals surface area contributed by atoms with Crippen molar-refractivity contribution in [1.82, 2.24) is 5.32 Å². The number of likely N-dealkylation sites (N-methyl/N-ethyl adjacent to an activating group) is 1. The molecule has 3 rings (SSSR count). The highest BCUT2D eigenvalue weighted by Gasteiger charge is 2.30. The van der Waals surface area contributed by atoms with Crippen LogP contribution in [-0.4, -0.2) is 24.9 Å². The third kappa shape index (κ3) is 3.82. The van der Waals surface area contributed by atoms with Crippen molar-refractivity contribution in [2.45, 2.75) is 39.8 Å². The van der Waals surface area contributed by atoms with E-state index in [4.69, 9.17) is 0 Å². The van der Waals surface area contributed by atoms with Gasteiger partial charge in [-0.05, 0) is 36.1 Å². The molecule has 0 aliphatic carbocycles. The molecule has 5 nitrogen and oxygen atoms in total. The maximum Gasteiger partial charge on any atom is 0.251 e. The van der Waals surface area contributed by atoms with Gasteiger partial charge >= 0.3 is 0 Å². The van der Waals surface area contributed by atoms with Crippen LogP contribution in [0.25, 0.3) is 0 Å². The van der Waals surface area contributed by atoms with E-state index in [1.54, 1.807) is 12.1 Å². The van der Waals surface area contributed by atoms with E-state index < -0.39 is 0 Å². The van der Waals surface area contributed by atoms with Gasteiger partial charge in [0, 0.05) is 12.6 Å². The Kier molecular flexibility index (Phi) is 4.96. The first kappa shape index (κ1) is 19.0. The summed E-state index contributed by atoms with van der Waals surface area (Å²) < 4.78 is 0. The lowest BCUT2D eigenvalue weighted by molar-refractivity contribution is -0.117. The molecule has 1 heterocycles. The number of anilines is 2. The number of hydrogen-bond acceptors (Lipinski definition) is 3. The molecule has 2 aromatic carbocycles. The van der Waals surface area contributed by atoms with Gasteiger partial charge in [0.15, 0.2) is 0 Å². The van der Waals surface area contributed by atoms with Crippen molar-refractivity contribution in [1.29, 1.82) is 0 Å². The molecule has 142 valence electrons. The molecule has 0 aromatic heterocycles. The van der Waals surface area contributed by atoms with E-state index in [0.29, 0.717) is 11.3 Å². The molecule has 2 atom stereocenters. The zero-order valence-corrected chi connectivity index (χ0v) is 16.5. The number of nitrogens with one attached hydrogen (secondary N) is 2. The summed E-state index contributed by atoms with van der Waals surface area (Å²) in [6, 6.07) is 15.1. The number of hydrogen-bond donors (Lipinski definition) is 2. The third-order valence-electron chi connectivity index (χ3n) is 5.13. The molecule has 1 aliphatic rings. The summed E-state index contributed by atoms with van der Waals surface area (Å²) in [5, 5.41) is 6.05. The van der Waals surface area contributed by atoms with Gasteiger partial charge < -0.3 is 15.5 Å². The van der Waals surface area contributed by atoms with Gasteiger partial charge in [0.25, 0.3) is 5.91 Å². The molecule has 2 aromatic rings. The minimum atomic E-state index is -0.236. The van der Waals surface area contributed by atoms with Gasteiger partial charge in [-0.2, -0.15) is 0 Å². The predicted octanol–water partition coefficient (Wildman–Crippen LogP) is 3.98. The Morgan fingerprint density at radius 1 is 1.15 bits per heavy atom. The Labute approximate surface area is 160 Å². The SMILES string of the molecule is C[C@@H]1C(=O)Nc2cc(C(=O)N[C@H](c3ccccc3)C(C)(C)C)ccc2N1C. The van der Waals surface area contributed by atoms with Gasteiger partial charge in [-0.15, -0.1) is 0 Å². The summed E-state index contributed by atoms with van der Waals surface area (Å²) in [4.78, 5) is 27.0. The number of fused-ring (bicyclic) bond motifs is 1. The molecule has 0 saturated carbocycles. The molecule has 0 spiro atoms. The topological polar surface area (TPSA) is 61.4 Å². The van der Waals surface area contributed by atoms with Gasteiger partial charge in [-0.25, -0.2) is 0 Å². The molecule has 0 saturated heterocycles. The van der Waals surface area contributed by atoms with Crippen molar-refractivity contribution >= 4 is 23.2 Å². The highest BCUT2D eigenvalue weighted by molar-refractivity contribution is 6.05. The lowest BCUT2D eigenvalue weighted by Crippen LogP contribution is -2.44. The Morgan fingerprint density at radius 2 is 1.81 bits per heavy atom. The van der Waals surface area contributed by atoms with E-state index in [9.17, 15) is 9.59 Å². The highest BCUT2D eigenvalue weighted by atomic mass is 16.2. The lowest BCUT2D eigenvalue weighted by Gasteiger charge is -2.34. The van der Waals surface area contributed by atoms with Crippen molar-refractivity contribution in [3.63, 3.8) is 0 Å². The van der Waals surface area contributed by atoms with Crippen LogP contribution in [0.3, 0.4) is 0 Å². The maximum atomic E-state index is 13.0. The minimum Gasteiger partial charge on any atom is -0.361 e. The first-order chi connectivity index (χ1) is 12.7. The molecular weight excluding hydrogens is 338 g/mol. The van der Waals surface area contributed by atoms with Gasteiger partial charge in [0.2, 0.25) is 5.91 Å². The largest absolute Gasteiger partial charge is 0.361 e. The first-order valence-corrected chi connectivity index (χ1v) is 9.22. The van der Waals surface area contributed by atoms with Crippen molar-refractivity contribution in [2.24, 2.45) is 5.41 Å². The van der Waals surface area contributed by atoms with Crippen molar-refractivity contribution in [3.05, 3.63) is 59.7 Å². The Bertz CT molecular complexity index is 856. The Hall–Kier alpha value is -2.82. The molecule has 2 N–H and O–H groups in total. The second-order valence-corrected chi connectivity index (χ2v) is 8.19. The lowest BCUT2D eigenvalue weighted by atomic mass is 9.82. The first-order valence-electron chi connectivity index (χ1n) is 9.22. The smallest absolute Gasteiger partial charge is 0.251 e. The fraction of sp³-hybridized carbons (Fsp3) is 0.364. The van der Waals surface area contributed by atoms with E-state index >= 15 is 0 Å². The van der Waals surface area contributed by atoms with Gasteiger partial charge in [-0.1, -0.05) is 51.1 Å². The predicted molar refractivity (Wildman–Crippen MR) is 109 cm³/mol. The molecule has 0 unspecified atom stereocenters. The molecule has 2 amide bonds. The van der Waals surface area contributed by atoms with Gasteiger partial charge in [0.1, 0.15) is 6.04 Å². The molecule has 27 heavy (non-hydrogen) atoms. The van der Waals surface area contributed by atoms with E-state index in [2.05, 4.69) is 31.4 Å². The molecule has 0 radical (unpaired) electrons. The van der Waals surface area contributed by atoms with Crippen LogP contribution < -0.4 is 15.5 Å². The van der Waals surface area contributed by atoms with Crippen molar-refractivity contribution in [2.75, 3.05) is 17.3 Å². The fourth-order valence-electron chi connectivity index (χ4n) is 3.37. The Morgan fingerprint density at radius 3 is 2.44 bits per heavy atom. The van der Waals surface area contributed by atoms with E-state index in [1.165, 1.54) is 0 Å². The highest BCUT2D eigenvalue weighted by Crippen LogP contribution is 2.34. The number of rotatable bonds is 3. The zero-order valence-electron chi connectivity index (χ0n) is 16.5. The number of benzene rings is 2. The zero-order chi connectivity index (χ0) is 19.8. The molecular formula is C22H27N3O2. The van der Waals surface area contributed by atoms with Crippen LogP contribution in [0.4, 0.5) is 11.4 Å². The monoisotopic (exact) mass is 365 g/mol. The summed E-state index contributed by atoms with van der Waals surface area (Å²) in [7, 11) is 1.88. The molecule has 0 fully saturated rings. The summed E-state index contributed by atoms with van der Waals surface area (Å²) in [5.41, 5.74) is 3.03.